The van der Waals surface area contributed by atoms with Crippen molar-refractivity contribution < 1.29 is 14.6 Å². The third kappa shape index (κ3) is 7.15. The van der Waals surface area contributed by atoms with Gasteiger partial charge in [-0.05, 0) is 37.1 Å². The largest absolute Gasteiger partial charge is 0.481 e. The second-order valence-corrected chi connectivity index (χ2v) is 12.7. The van der Waals surface area contributed by atoms with E-state index in [1.165, 1.54) is 0 Å². The Morgan fingerprint density at radius 1 is 1.04 bits per heavy atom. The van der Waals surface area contributed by atoms with Gasteiger partial charge < -0.3 is 30.4 Å². The summed E-state index contributed by atoms with van der Waals surface area (Å²) < 4.78 is 7.74. The quantitative estimate of drug-likeness (QED) is 0.126. The SMILES string of the molecule is COc1nc(-c2cccc(-c3ccnc(-c4ccc5c(CNC[C@@H](C)O)cn(C)c5c4)c3Cl)c2Cl)ccc1CNC[C@H]1CCC(=O)N1. The van der Waals surface area contributed by atoms with Crippen LogP contribution in [0, 0.1) is 0 Å². The van der Waals surface area contributed by atoms with Crippen LogP contribution in [0.15, 0.2) is 67.0 Å². The fourth-order valence-electron chi connectivity index (χ4n) is 6.10. The van der Waals surface area contributed by atoms with Gasteiger partial charge in [0.25, 0.3) is 0 Å². The van der Waals surface area contributed by atoms with Crippen LogP contribution in [0.1, 0.15) is 30.9 Å². The average Bonchev–Trinajstić information content (AvgIpc) is 3.62. The molecule has 0 saturated carbocycles. The number of nitrogens with zero attached hydrogens (tertiary/aromatic N) is 3. The highest BCUT2D eigenvalue weighted by atomic mass is 35.5. The van der Waals surface area contributed by atoms with E-state index in [2.05, 4.69) is 43.8 Å². The molecule has 0 aliphatic carbocycles. The predicted molar refractivity (Wildman–Crippen MR) is 188 cm³/mol. The number of carbonyl (C=O) groups is 1. The number of aromatic nitrogens is 3. The van der Waals surface area contributed by atoms with Gasteiger partial charge >= 0.3 is 0 Å². The maximum Gasteiger partial charge on any atom is 0.220 e. The van der Waals surface area contributed by atoms with Gasteiger partial charge in [0.05, 0.1) is 34.6 Å². The van der Waals surface area contributed by atoms with E-state index in [9.17, 15) is 9.90 Å². The number of nitrogens with one attached hydrogen (secondary N) is 3. The third-order valence-corrected chi connectivity index (χ3v) is 9.27. The number of rotatable bonds is 12. The molecule has 4 N–H and O–H groups in total. The topological polar surface area (TPSA) is 113 Å². The number of aliphatic hydroxyl groups is 1. The molecular formula is C36H38Cl2N6O3. The molecule has 2 atom stereocenters. The van der Waals surface area contributed by atoms with Crippen LogP contribution in [0.5, 0.6) is 5.88 Å². The Hall–Kier alpha value is -3.99. The monoisotopic (exact) mass is 672 g/mol. The number of carbonyl (C=O) groups excluding carboxylic acids is 1. The van der Waals surface area contributed by atoms with Crippen molar-refractivity contribution >= 4 is 40.0 Å². The van der Waals surface area contributed by atoms with Gasteiger partial charge in [-0.25, -0.2) is 4.98 Å². The minimum Gasteiger partial charge on any atom is -0.481 e. The van der Waals surface area contributed by atoms with Crippen molar-refractivity contribution in [3.63, 3.8) is 0 Å². The maximum atomic E-state index is 11.5. The van der Waals surface area contributed by atoms with Crippen molar-refractivity contribution in [3.8, 4) is 39.5 Å². The normalized spacial score (nSPS) is 15.3. The summed E-state index contributed by atoms with van der Waals surface area (Å²) in [6, 6.07) is 18.0. The van der Waals surface area contributed by atoms with Crippen LogP contribution in [0.4, 0.5) is 0 Å². The minimum atomic E-state index is -0.405. The highest BCUT2D eigenvalue weighted by molar-refractivity contribution is 6.39. The van der Waals surface area contributed by atoms with Crippen LogP contribution in [0.3, 0.4) is 0 Å². The molecule has 11 heteroatoms. The lowest BCUT2D eigenvalue weighted by atomic mass is 9.99. The van der Waals surface area contributed by atoms with Crippen LogP contribution in [-0.4, -0.2) is 57.9 Å². The third-order valence-electron chi connectivity index (χ3n) is 8.48. The fraction of sp³-hybridized carbons (Fsp3) is 0.306. The molecule has 0 unspecified atom stereocenters. The maximum absolute atomic E-state index is 11.5. The summed E-state index contributed by atoms with van der Waals surface area (Å²) in [4.78, 5) is 21.0. The average molecular weight is 674 g/mol. The first-order chi connectivity index (χ1) is 22.7. The second-order valence-electron chi connectivity index (χ2n) is 12.0. The zero-order chi connectivity index (χ0) is 33.1. The number of pyridine rings is 2. The molecule has 1 fully saturated rings. The lowest BCUT2D eigenvalue weighted by molar-refractivity contribution is -0.119. The van der Waals surface area contributed by atoms with Crippen LogP contribution < -0.4 is 20.7 Å². The highest BCUT2D eigenvalue weighted by Gasteiger charge is 2.21. The zero-order valence-electron chi connectivity index (χ0n) is 26.6. The Morgan fingerprint density at radius 2 is 1.83 bits per heavy atom. The second kappa shape index (κ2) is 14.4. The van der Waals surface area contributed by atoms with E-state index in [-0.39, 0.29) is 11.9 Å². The van der Waals surface area contributed by atoms with Crippen molar-refractivity contribution in [2.24, 2.45) is 7.05 Å². The van der Waals surface area contributed by atoms with Gasteiger partial charge in [-0.3, -0.25) is 9.78 Å². The standard InChI is InChI=1S/C36H38Cl2N6O3/c1-21(45)16-39-18-24-20-44(2)31-15-22(7-10-26(24)31)35-34(38)28(13-14-41-35)27-5-4-6-29(33(27)37)30-11-8-23(36(43-30)47-3)17-40-19-25-9-12-32(46)42-25/h4-8,10-11,13-15,20-21,25,39-40,45H,9,12,16-19H2,1-3H3,(H,42,46)/t21-,25-/m1/s1. The summed E-state index contributed by atoms with van der Waals surface area (Å²) in [5, 5.41) is 21.4. The first-order valence-electron chi connectivity index (χ1n) is 15.7. The summed E-state index contributed by atoms with van der Waals surface area (Å²) in [6.45, 7) is 4.19. The number of halogens is 2. The fourth-order valence-corrected chi connectivity index (χ4v) is 6.75. The number of amides is 1. The van der Waals surface area contributed by atoms with E-state index in [0.29, 0.717) is 59.9 Å². The molecule has 6 rings (SSSR count). The van der Waals surface area contributed by atoms with E-state index in [4.69, 9.17) is 32.9 Å². The summed E-state index contributed by atoms with van der Waals surface area (Å²) in [5.41, 5.74) is 7.66. The minimum absolute atomic E-state index is 0.102. The number of hydrogen-bond acceptors (Lipinski definition) is 7. The van der Waals surface area contributed by atoms with Crippen molar-refractivity contribution in [1.82, 2.24) is 30.5 Å². The Bertz CT molecular complexity index is 1930. The smallest absolute Gasteiger partial charge is 0.220 e. The molecule has 0 radical (unpaired) electrons. The molecule has 1 aliphatic heterocycles. The summed E-state index contributed by atoms with van der Waals surface area (Å²) in [5.74, 6) is 0.611. The van der Waals surface area contributed by atoms with Crippen LogP contribution >= 0.6 is 23.2 Å². The highest BCUT2D eigenvalue weighted by Crippen LogP contribution is 2.42. The first-order valence-corrected chi connectivity index (χ1v) is 16.4. The van der Waals surface area contributed by atoms with Crippen molar-refractivity contribution in [2.45, 2.75) is 45.0 Å². The number of benzene rings is 2. The van der Waals surface area contributed by atoms with Gasteiger partial charge in [0.1, 0.15) is 0 Å². The number of hydrogen-bond donors (Lipinski definition) is 4. The van der Waals surface area contributed by atoms with Gasteiger partial charge in [-0.2, -0.15) is 0 Å². The Balaban J connectivity index is 1.26. The molecule has 1 amide bonds. The molecule has 3 aromatic heterocycles. The Kier molecular flexibility index (Phi) is 10.1. The number of fused-ring (bicyclic) bond motifs is 1. The molecule has 244 valence electrons. The number of aliphatic hydroxyl groups excluding tert-OH is 1. The van der Waals surface area contributed by atoms with E-state index in [1.807, 2.05) is 49.5 Å². The predicted octanol–water partition coefficient (Wildman–Crippen LogP) is 6.12. The van der Waals surface area contributed by atoms with Gasteiger partial charge in [0, 0.05) is 96.8 Å². The number of ether oxygens (including phenoxy) is 1. The molecule has 4 heterocycles. The van der Waals surface area contributed by atoms with Gasteiger partial charge in [-0.15, -0.1) is 0 Å². The van der Waals surface area contributed by atoms with Gasteiger partial charge in [0.2, 0.25) is 11.8 Å². The van der Waals surface area contributed by atoms with Crippen LogP contribution in [-0.2, 0) is 24.9 Å². The van der Waals surface area contributed by atoms with E-state index >= 15 is 0 Å². The molecule has 5 aromatic rings. The van der Waals surface area contributed by atoms with Crippen LogP contribution in [0.2, 0.25) is 10.0 Å². The molecule has 47 heavy (non-hydrogen) atoms. The zero-order valence-corrected chi connectivity index (χ0v) is 28.1. The molecule has 1 saturated heterocycles. The van der Waals surface area contributed by atoms with Crippen LogP contribution in [0.25, 0.3) is 44.5 Å². The summed E-state index contributed by atoms with van der Waals surface area (Å²) in [7, 11) is 3.62. The molecule has 9 nitrogen and oxygen atoms in total. The van der Waals surface area contributed by atoms with Crippen molar-refractivity contribution in [1.29, 1.82) is 0 Å². The summed E-state index contributed by atoms with van der Waals surface area (Å²) >= 11 is 14.2. The Labute approximate surface area is 284 Å². The molecule has 0 bridgehead atoms. The summed E-state index contributed by atoms with van der Waals surface area (Å²) in [6.07, 6.45) is 4.86. The van der Waals surface area contributed by atoms with Crippen molar-refractivity contribution in [3.05, 3.63) is 88.2 Å². The van der Waals surface area contributed by atoms with Gasteiger partial charge in [0.15, 0.2) is 0 Å². The van der Waals surface area contributed by atoms with Gasteiger partial charge in [-0.1, -0.05) is 59.6 Å². The number of aryl methyl sites for hydroxylation is 1. The lowest BCUT2D eigenvalue weighted by Gasteiger charge is -2.15. The van der Waals surface area contributed by atoms with E-state index < -0.39 is 6.10 Å². The first kappa shape index (κ1) is 32.9. The molecule has 1 aliphatic rings. The lowest BCUT2D eigenvalue weighted by Crippen LogP contribution is -2.35. The van der Waals surface area contributed by atoms with E-state index in [1.54, 1.807) is 20.2 Å². The molecular weight excluding hydrogens is 635 g/mol. The molecule has 2 aromatic carbocycles. The van der Waals surface area contributed by atoms with Crippen molar-refractivity contribution in [2.75, 3.05) is 20.2 Å². The Morgan fingerprint density at radius 3 is 2.60 bits per heavy atom. The molecule has 0 spiro atoms. The van der Waals surface area contributed by atoms with E-state index in [0.717, 1.165) is 50.7 Å². The number of methoxy groups -OCH3 is 1.